The van der Waals surface area contributed by atoms with E-state index < -0.39 is 0 Å². The molecule has 0 saturated carbocycles. The number of hydrogen-bond donors (Lipinski definition) is 1. The highest BCUT2D eigenvalue weighted by molar-refractivity contribution is 7.98. The van der Waals surface area contributed by atoms with Crippen molar-refractivity contribution in [3.8, 4) is 0 Å². The highest BCUT2D eigenvalue weighted by atomic mass is 35.5. The Labute approximate surface area is 146 Å². The van der Waals surface area contributed by atoms with Crippen molar-refractivity contribution in [3.63, 3.8) is 0 Å². The van der Waals surface area contributed by atoms with Crippen molar-refractivity contribution in [1.29, 1.82) is 0 Å². The summed E-state index contributed by atoms with van der Waals surface area (Å²) >= 11 is 1.70. The van der Waals surface area contributed by atoms with Crippen LogP contribution in [-0.2, 0) is 18.2 Å². The lowest BCUT2D eigenvalue weighted by atomic mass is 10.3. The van der Waals surface area contributed by atoms with E-state index >= 15 is 0 Å². The Morgan fingerprint density at radius 2 is 1.82 bits per heavy atom. The van der Waals surface area contributed by atoms with Gasteiger partial charge in [-0.1, -0.05) is 5.16 Å². The van der Waals surface area contributed by atoms with Crippen molar-refractivity contribution in [1.82, 2.24) is 0 Å². The van der Waals surface area contributed by atoms with Gasteiger partial charge < -0.3 is 30.0 Å². The highest BCUT2D eigenvalue weighted by Gasteiger charge is 2.05. The van der Waals surface area contributed by atoms with Crippen molar-refractivity contribution in [2.24, 2.45) is 5.16 Å². The van der Waals surface area contributed by atoms with Gasteiger partial charge in [-0.2, -0.15) is 9.13 Å². The van der Waals surface area contributed by atoms with Crippen LogP contribution in [0.2, 0.25) is 0 Å². The third kappa shape index (κ3) is 6.62. The molecular weight excluding hydrogens is 345 g/mol. The fourth-order valence-electron chi connectivity index (χ4n) is 1.66. The zero-order chi connectivity index (χ0) is 14.2. The van der Waals surface area contributed by atoms with Gasteiger partial charge >= 0.3 is 0 Å². The summed E-state index contributed by atoms with van der Waals surface area (Å²) < 4.78 is 9.55. The van der Waals surface area contributed by atoms with Gasteiger partial charge in [0.25, 0.3) is 13.5 Å². The van der Waals surface area contributed by atoms with Crippen molar-refractivity contribution in [3.05, 3.63) is 54.6 Å². The molecule has 2 rings (SSSR count). The van der Waals surface area contributed by atoms with Crippen LogP contribution in [0.3, 0.4) is 0 Å². The predicted octanol–water partition coefficient (Wildman–Crippen LogP) is -4.57. The summed E-state index contributed by atoms with van der Waals surface area (Å²) in [5.74, 6) is 0. The third-order valence-corrected chi connectivity index (χ3v) is 3.38. The molecule has 0 unspecified atom stereocenters. The van der Waals surface area contributed by atoms with Gasteiger partial charge in [-0.05, 0) is 12.3 Å². The van der Waals surface area contributed by atoms with Crippen molar-refractivity contribution in [2.75, 3.05) is 6.26 Å². The van der Waals surface area contributed by atoms with E-state index in [9.17, 15) is 0 Å². The second-order valence-corrected chi connectivity index (χ2v) is 4.99. The number of rotatable bonds is 6. The zero-order valence-electron chi connectivity index (χ0n) is 12.0. The van der Waals surface area contributed by atoms with Crippen LogP contribution in [0.1, 0.15) is 5.56 Å². The summed E-state index contributed by atoms with van der Waals surface area (Å²) in [4.78, 5) is 1.20. The van der Waals surface area contributed by atoms with Crippen LogP contribution in [0, 0.1) is 0 Å². The molecule has 8 heteroatoms. The SMILES string of the molecule is CSc1ccc[n+](COC[n+]2ccc(C=NO)cc2)c1.[Cl-].[Cl-]. The van der Waals surface area contributed by atoms with E-state index in [4.69, 9.17) is 9.94 Å². The Morgan fingerprint density at radius 1 is 1.14 bits per heavy atom. The molecule has 0 radical (unpaired) electrons. The van der Waals surface area contributed by atoms with Crippen molar-refractivity contribution < 1.29 is 43.9 Å². The number of thioether (sulfide) groups is 1. The van der Waals surface area contributed by atoms with Crippen LogP contribution >= 0.6 is 11.8 Å². The van der Waals surface area contributed by atoms with E-state index in [1.165, 1.54) is 11.1 Å². The quantitative estimate of drug-likeness (QED) is 0.185. The molecule has 120 valence electrons. The average molecular weight is 362 g/mol. The normalized spacial score (nSPS) is 10.0. The molecule has 0 bridgehead atoms. The first kappa shape index (κ1) is 20.7. The molecule has 1 N–H and O–H groups in total. The minimum atomic E-state index is 0. The second-order valence-electron chi connectivity index (χ2n) is 4.11. The molecule has 0 spiro atoms. The maximum Gasteiger partial charge on any atom is 0.257 e. The molecule has 2 heterocycles. The Morgan fingerprint density at radius 3 is 2.45 bits per heavy atom. The molecule has 0 fully saturated rings. The first-order chi connectivity index (χ1) is 9.81. The molecule has 2 aromatic rings. The van der Waals surface area contributed by atoms with Crippen LogP contribution in [0.25, 0.3) is 0 Å². The highest BCUT2D eigenvalue weighted by Crippen LogP contribution is 2.09. The monoisotopic (exact) mass is 361 g/mol. The van der Waals surface area contributed by atoms with E-state index in [0.717, 1.165) is 5.56 Å². The number of hydrogen-bond acceptors (Lipinski definition) is 4. The fraction of sp³-hybridized carbons (Fsp3) is 0.214. The summed E-state index contributed by atoms with van der Waals surface area (Å²) in [6.45, 7) is 0.967. The number of aromatic nitrogens is 2. The maximum atomic E-state index is 8.43. The van der Waals surface area contributed by atoms with Gasteiger partial charge in [-0.25, -0.2) is 0 Å². The molecule has 0 amide bonds. The standard InChI is InChI=1S/C14H16N3O2S.2ClH/c1-20-14-3-2-6-17(10-14)12-19-11-16-7-4-13(5-8-16)9-15-18;;/h2-10H,11-12H2,1H3;2*1H/q+1;;/p-1. The van der Waals surface area contributed by atoms with Crippen molar-refractivity contribution >= 4 is 18.0 Å². The van der Waals surface area contributed by atoms with Crippen molar-refractivity contribution in [2.45, 2.75) is 18.4 Å². The minimum absolute atomic E-state index is 0. The van der Waals surface area contributed by atoms with Crippen LogP contribution in [0.4, 0.5) is 0 Å². The van der Waals surface area contributed by atoms with Gasteiger partial charge in [-0.15, -0.1) is 11.8 Å². The molecule has 0 aliphatic heterocycles. The maximum absolute atomic E-state index is 8.43. The van der Waals surface area contributed by atoms with Gasteiger partial charge in [0.15, 0.2) is 24.8 Å². The van der Waals surface area contributed by atoms with Gasteiger partial charge in [0, 0.05) is 23.8 Å². The van der Waals surface area contributed by atoms with Crippen LogP contribution in [0.5, 0.6) is 0 Å². The van der Waals surface area contributed by atoms with E-state index in [1.807, 2.05) is 52.2 Å². The smallest absolute Gasteiger partial charge is 0.257 e. The van der Waals surface area contributed by atoms with E-state index in [1.54, 1.807) is 11.8 Å². The third-order valence-electron chi connectivity index (χ3n) is 2.67. The molecule has 22 heavy (non-hydrogen) atoms. The minimum Gasteiger partial charge on any atom is -1.00 e. The molecule has 0 aliphatic rings. The summed E-state index contributed by atoms with van der Waals surface area (Å²) in [6.07, 6.45) is 11.2. The topological polar surface area (TPSA) is 49.6 Å². The molecule has 0 aromatic carbocycles. The lowest BCUT2D eigenvalue weighted by Gasteiger charge is -1.99. The number of ether oxygens (including phenoxy) is 1. The molecular formula is C14H17Cl2N3O2S. The Kier molecular flexibility index (Phi) is 10.6. The summed E-state index contributed by atoms with van der Waals surface area (Å²) in [5, 5.41) is 11.4. The number of oxime groups is 1. The zero-order valence-corrected chi connectivity index (χ0v) is 14.3. The molecule has 0 atom stereocenters. The lowest BCUT2D eigenvalue weighted by Crippen LogP contribution is -3.00. The van der Waals surface area contributed by atoms with E-state index in [-0.39, 0.29) is 24.8 Å². The predicted molar refractivity (Wildman–Crippen MR) is 75.5 cm³/mol. The molecule has 0 saturated heterocycles. The van der Waals surface area contributed by atoms with Gasteiger partial charge in [-0.3, -0.25) is 4.74 Å². The Bertz CT molecular complexity index is 583. The van der Waals surface area contributed by atoms with Crippen LogP contribution in [-0.4, -0.2) is 17.7 Å². The van der Waals surface area contributed by atoms with E-state index in [0.29, 0.717) is 13.5 Å². The second kappa shape index (κ2) is 11.3. The largest absolute Gasteiger partial charge is 1.00 e. The first-order valence-corrected chi connectivity index (χ1v) is 7.31. The Hall–Kier alpha value is -1.34. The number of nitrogens with zero attached hydrogens (tertiary/aromatic N) is 3. The first-order valence-electron chi connectivity index (χ1n) is 6.09. The number of halogens is 2. The fourth-order valence-corrected chi connectivity index (χ4v) is 2.11. The molecule has 5 nitrogen and oxygen atoms in total. The Balaban J connectivity index is 0.00000220. The van der Waals surface area contributed by atoms with Gasteiger partial charge in [0.2, 0.25) is 0 Å². The average Bonchev–Trinajstić information content (AvgIpc) is 2.50. The number of pyridine rings is 2. The summed E-state index contributed by atoms with van der Waals surface area (Å²) in [5.41, 5.74) is 0.839. The van der Waals surface area contributed by atoms with E-state index in [2.05, 4.69) is 17.4 Å². The summed E-state index contributed by atoms with van der Waals surface area (Å²) in [7, 11) is 0. The summed E-state index contributed by atoms with van der Waals surface area (Å²) in [6, 6.07) is 7.78. The van der Waals surface area contributed by atoms with Gasteiger partial charge in [0.05, 0.1) is 11.1 Å². The van der Waals surface area contributed by atoms with Crippen LogP contribution < -0.4 is 33.9 Å². The lowest BCUT2D eigenvalue weighted by molar-refractivity contribution is -0.789. The van der Waals surface area contributed by atoms with Crippen LogP contribution in [0.15, 0.2) is 59.1 Å². The van der Waals surface area contributed by atoms with Gasteiger partial charge in [0.1, 0.15) is 0 Å². The molecule has 2 aromatic heterocycles. The molecule has 0 aliphatic carbocycles.